The average molecular weight is 223 g/mol. The predicted octanol–water partition coefficient (Wildman–Crippen LogP) is 1.45. The van der Waals surface area contributed by atoms with Gasteiger partial charge in [0.15, 0.2) is 0 Å². The van der Waals surface area contributed by atoms with Crippen LogP contribution in [0.4, 0.5) is 4.39 Å². The van der Waals surface area contributed by atoms with Crippen LogP contribution in [0.25, 0.3) is 0 Å². The molecule has 0 spiro atoms. The largest absolute Gasteiger partial charge is 0.314 e. The highest BCUT2D eigenvalue weighted by molar-refractivity contribution is 5.09. The number of hydrogen-bond donors (Lipinski definition) is 2. The van der Waals surface area contributed by atoms with Gasteiger partial charge in [0.25, 0.3) is 0 Å². The molecule has 1 aromatic heterocycles. The summed E-state index contributed by atoms with van der Waals surface area (Å²) >= 11 is 0. The fraction of sp³-hybridized carbons (Fsp3) is 0.583. The number of rotatable bonds is 7. The van der Waals surface area contributed by atoms with Crippen molar-refractivity contribution < 1.29 is 4.39 Å². The molecule has 2 rings (SSSR count). The maximum atomic E-state index is 12.8. The Hall–Kier alpha value is -1.00. The van der Waals surface area contributed by atoms with Gasteiger partial charge in [-0.1, -0.05) is 0 Å². The Bertz CT molecular complexity index is 326. The van der Waals surface area contributed by atoms with E-state index in [0.717, 1.165) is 31.1 Å². The maximum absolute atomic E-state index is 12.8. The van der Waals surface area contributed by atoms with E-state index in [9.17, 15) is 4.39 Å². The third-order valence-corrected chi connectivity index (χ3v) is 2.63. The normalized spacial score (nSPS) is 15.3. The van der Waals surface area contributed by atoms with Crippen molar-refractivity contribution in [2.24, 2.45) is 0 Å². The van der Waals surface area contributed by atoms with Crippen molar-refractivity contribution in [3.8, 4) is 0 Å². The van der Waals surface area contributed by atoms with Gasteiger partial charge in [-0.25, -0.2) is 4.39 Å². The molecule has 1 aliphatic rings. The summed E-state index contributed by atoms with van der Waals surface area (Å²) < 4.78 is 12.8. The molecule has 2 N–H and O–H groups in total. The highest BCUT2D eigenvalue weighted by Gasteiger charge is 2.19. The van der Waals surface area contributed by atoms with Crippen LogP contribution >= 0.6 is 0 Å². The zero-order valence-electron chi connectivity index (χ0n) is 9.38. The van der Waals surface area contributed by atoms with E-state index in [0.29, 0.717) is 6.54 Å². The second-order valence-electron chi connectivity index (χ2n) is 4.27. The molecule has 88 valence electrons. The predicted molar refractivity (Wildman–Crippen MR) is 61.5 cm³/mol. The SMILES string of the molecule is Fc1cncc(CNCCCNC2CC2)c1. The smallest absolute Gasteiger partial charge is 0.141 e. The average Bonchev–Trinajstić information content (AvgIpc) is 3.07. The van der Waals surface area contributed by atoms with E-state index in [-0.39, 0.29) is 5.82 Å². The molecule has 1 saturated carbocycles. The molecule has 1 heterocycles. The lowest BCUT2D eigenvalue weighted by Gasteiger charge is -2.05. The molecule has 1 aliphatic carbocycles. The first-order valence-corrected chi connectivity index (χ1v) is 5.88. The van der Waals surface area contributed by atoms with Crippen molar-refractivity contribution in [2.45, 2.75) is 31.8 Å². The van der Waals surface area contributed by atoms with E-state index < -0.39 is 0 Å². The summed E-state index contributed by atoms with van der Waals surface area (Å²) in [7, 11) is 0. The van der Waals surface area contributed by atoms with Crippen molar-refractivity contribution in [3.05, 3.63) is 29.8 Å². The Morgan fingerprint density at radius 2 is 2.19 bits per heavy atom. The Labute approximate surface area is 95.5 Å². The van der Waals surface area contributed by atoms with Crippen molar-refractivity contribution >= 4 is 0 Å². The second-order valence-corrected chi connectivity index (χ2v) is 4.27. The molecule has 0 bridgehead atoms. The Balaban J connectivity index is 1.53. The Morgan fingerprint density at radius 1 is 1.31 bits per heavy atom. The summed E-state index contributed by atoms with van der Waals surface area (Å²) in [6.45, 7) is 2.71. The molecule has 0 atom stereocenters. The molecule has 0 radical (unpaired) electrons. The number of halogens is 1. The molecule has 1 fully saturated rings. The van der Waals surface area contributed by atoms with Crippen molar-refractivity contribution in [1.82, 2.24) is 15.6 Å². The second kappa shape index (κ2) is 5.92. The summed E-state index contributed by atoms with van der Waals surface area (Å²) in [5.41, 5.74) is 0.898. The minimum Gasteiger partial charge on any atom is -0.314 e. The zero-order chi connectivity index (χ0) is 11.2. The fourth-order valence-corrected chi connectivity index (χ4v) is 1.59. The number of hydrogen-bond acceptors (Lipinski definition) is 3. The minimum atomic E-state index is -0.269. The fourth-order valence-electron chi connectivity index (χ4n) is 1.59. The first kappa shape index (κ1) is 11.5. The van der Waals surface area contributed by atoms with Gasteiger partial charge in [-0.3, -0.25) is 4.98 Å². The lowest BCUT2D eigenvalue weighted by molar-refractivity contribution is 0.586. The van der Waals surface area contributed by atoms with Crippen molar-refractivity contribution in [3.63, 3.8) is 0 Å². The van der Waals surface area contributed by atoms with Crippen molar-refractivity contribution in [1.29, 1.82) is 0 Å². The molecule has 1 aromatic rings. The molecular weight excluding hydrogens is 205 g/mol. The van der Waals surface area contributed by atoms with Gasteiger partial charge in [0.1, 0.15) is 5.82 Å². The van der Waals surface area contributed by atoms with Crippen LogP contribution < -0.4 is 10.6 Å². The van der Waals surface area contributed by atoms with Gasteiger partial charge in [-0.15, -0.1) is 0 Å². The summed E-state index contributed by atoms with van der Waals surface area (Å²) in [5.74, 6) is -0.269. The summed E-state index contributed by atoms with van der Waals surface area (Å²) in [4.78, 5) is 3.80. The zero-order valence-corrected chi connectivity index (χ0v) is 9.38. The lowest BCUT2D eigenvalue weighted by Crippen LogP contribution is -2.23. The number of pyridine rings is 1. The monoisotopic (exact) mass is 223 g/mol. The maximum Gasteiger partial charge on any atom is 0.141 e. The van der Waals surface area contributed by atoms with Gasteiger partial charge in [0.2, 0.25) is 0 Å². The van der Waals surface area contributed by atoms with Crippen LogP contribution in [0, 0.1) is 5.82 Å². The quantitative estimate of drug-likeness (QED) is 0.687. The van der Waals surface area contributed by atoms with Gasteiger partial charge in [-0.05, 0) is 44.0 Å². The summed E-state index contributed by atoms with van der Waals surface area (Å²) in [6.07, 6.45) is 6.70. The molecule has 0 amide bonds. The number of nitrogens with zero attached hydrogens (tertiary/aromatic N) is 1. The first-order chi connectivity index (χ1) is 7.84. The third kappa shape index (κ3) is 4.24. The summed E-state index contributed by atoms with van der Waals surface area (Å²) in [5, 5.41) is 6.73. The number of aromatic nitrogens is 1. The molecule has 16 heavy (non-hydrogen) atoms. The molecule has 3 nitrogen and oxygen atoms in total. The molecule has 0 aromatic carbocycles. The van der Waals surface area contributed by atoms with E-state index in [2.05, 4.69) is 15.6 Å². The van der Waals surface area contributed by atoms with Gasteiger partial charge in [0, 0.05) is 18.8 Å². The van der Waals surface area contributed by atoms with Crippen LogP contribution in [0.15, 0.2) is 18.5 Å². The van der Waals surface area contributed by atoms with E-state index in [1.54, 1.807) is 6.20 Å². The standard InChI is InChI=1S/C12H18FN3/c13-11-6-10(8-15-9-11)7-14-4-1-5-16-12-2-3-12/h6,8-9,12,14,16H,1-5,7H2. The van der Waals surface area contributed by atoms with Crippen LogP contribution in [0.3, 0.4) is 0 Å². The highest BCUT2D eigenvalue weighted by atomic mass is 19.1. The minimum absolute atomic E-state index is 0.269. The van der Waals surface area contributed by atoms with Gasteiger partial charge >= 0.3 is 0 Å². The molecule has 0 saturated heterocycles. The van der Waals surface area contributed by atoms with Gasteiger partial charge in [-0.2, -0.15) is 0 Å². The van der Waals surface area contributed by atoms with Crippen LogP contribution in [-0.4, -0.2) is 24.1 Å². The third-order valence-electron chi connectivity index (χ3n) is 2.63. The molecular formula is C12H18FN3. The van der Waals surface area contributed by atoms with E-state index >= 15 is 0 Å². The van der Waals surface area contributed by atoms with E-state index in [1.165, 1.54) is 25.1 Å². The van der Waals surface area contributed by atoms with Crippen LogP contribution in [0.1, 0.15) is 24.8 Å². The van der Waals surface area contributed by atoms with E-state index in [1.807, 2.05) is 0 Å². The Kier molecular flexibility index (Phi) is 4.25. The first-order valence-electron chi connectivity index (χ1n) is 5.88. The van der Waals surface area contributed by atoms with Gasteiger partial charge in [0.05, 0.1) is 6.20 Å². The highest BCUT2D eigenvalue weighted by Crippen LogP contribution is 2.18. The van der Waals surface area contributed by atoms with E-state index in [4.69, 9.17) is 0 Å². The molecule has 4 heteroatoms. The Morgan fingerprint density at radius 3 is 2.94 bits per heavy atom. The number of nitrogens with one attached hydrogen (secondary N) is 2. The van der Waals surface area contributed by atoms with Crippen LogP contribution in [0.2, 0.25) is 0 Å². The molecule has 0 aliphatic heterocycles. The topological polar surface area (TPSA) is 37.0 Å². The van der Waals surface area contributed by atoms with Gasteiger partial charge < -0.3 is 10.6 Å². The molecule has 0 unspecified atom stereocenters. The van der Waals surface area contributed by atoms with Crippen molar-refractivity contribution in [2.75, 3.05) is 13.1 Å². The van der Waals surface area contributed by atoms with Crippen LogP contribution in [0.5, 0.6) is 0 Å². The summed E-state index contributed by atoms with van der Waals surface area (Å²) in [6, 6.07) is 2.30. The van der Waals surface area contributed by atoms with Crippen LogP contribution in [-0.2, 0) is 6.54 Å². The lowest BCUT2D eigenvalue weighted by atomic mass is 10.3.